The number of aromatic nitrogens is 1. The van der Waals surface area contributed by atoms with Crippen molar-refractivity contribution in [1.29, 1.82) is 0 Å². The van der Waals surface area contributed by atoms with E-state index < -0.39 is 0 Å². The predicted octanol–water partition coefficient (Wildman–Crippen LogP) is 2.13. The summed E-state index contributed by atoms with van der Waals surface area (Å²) in [5, 5.41) is 0. The van der Waals surface area contributed by atoms with Crippen LogP contribution in [-0.4, -0.2) is 48.5 Å². The van der Waals surface area contributed by atoms with Crippen LogP contribution in [-0.2, 0) is 0 Å². The summed E-state index contributed by atoms with van der Waals surface area (Å²) in [7, 11) is 0. The van der Waals surface area contributed by atoms with Gasteiger partial charge in [-0.1, -0.05) is 6.92 Å². The molecule has 2 N–H and O–H groups in total. The fourth-order valence-corrected chi connectivity index (χ4v) is 2.96. The maximum atomic E-state index is 12.5. The van der Waals surface area contributed by atoms with E-state index in [9.17, 15) is 4.79 Å². The van der Waals surface area contributed by atoms with Gasteiger partial charge in [0.1, 0.15) is 5.82 Å². The number of likely N-dealkylation sites (tertiary alicyclic amines) is 1. The zero-order valence-corrected chi connectivity index (χ0v) is 13.8. The third-order valence-corrected chi connectivity index (χ3v) is 4.43. The zero-order chi connectivity index (χ0) is 15.9. The van der Waals surface area contributed by atoms with Gasteiger partial charge in [-0.15, -0.1) is 0 Å². The molecule has 22 heavy (non-hydrogen) atoms. The van der Waals surface area contributed by atoms with Crippen LogP contribution in [0.2, 0.25) is 0 Å². The average molecular weight is 304 g/mol. The van der Waals surface area contributed by atoms with Crippen LogP contribution in [0.3, 0.4) is 0 Å². The second-order valence-electron chi connectivity index (χ2n) is 5.96. The van der Waals surface area contributed by atoms with E-state index in [1.165, 1.54) is 0 Å². The SMILES string of the molecule is CCCN(CC)c1ccc(C(=O)N2CCC(CN)CC2)cn1. The van der Waals surface area contributed by atoms with E-state index in [0.717, 1.165) is 57.8 Å². The van der Waals surface area contributed by atoms with Gasteiger partial charge >= 0.3 is 0 Å². The Balaban J connectivity index is 1.99. The molecule has 1 aromatic heterocycles. The Labute approximate surface area is 133 Å². The van der Waals surface area contributed by atoms with E-state index in [1.54, 1.807) is 6.20 Å². The minimum atomic E-state index is 0.0908. The van der Waals surface area contributed by atoms with Gasteiger partial charge in [0.15, 0.2) is 0 Å². The van der Waals surface area contributed by atoms with Gasteiger partial charge in [0, 0.05) is 32.4 Å². The molecule has 1 aromatic rings. The second-order valence-corrected chi connectivity index (χ2v) is 5.96. The molecule has 0 saturated carbocycles. The summed E-state index contributed by atoms with van der Waals surface area (Å²) in [5.74, 6) is 1.60. The second kappa shape index (κ2) is 8.13. The highest BCUT2D eigenvalue weighted by Gasteiger charge is 2.23. The lowest BCUT2D eigenvalue weighted by Gasteiger charge is -2.31. The molecule has 1 saturated heterocycles. The van der Waals surface area contributed by atoms with Crippen LogP contribution in [0.5, 0.6) is 0 Å². The zero-order valence-electron chi connectivity index (χ0n) is 13.8. The fraction of sp³-hybridized carbons (Fsp3) is 0.647. The normalized spacial score (nSPS) is 15.9. The lowest BCUT2D eigenvalue weighted by Crippen LogP contribution is -2.40. The highest BCUT2D eigenvalue weighted by atomic mass is 16.2. The molecule has 0 aliphatic carbocycles. The van der Waals surface area contributed by atoms with Gasteiger partial charge in [0.25, 0.3) is 5.91 Å². The summed E-state index contributed by atoms with van der Waals surface area (Å²) < 4.78 is 0. The van der Waals surface area contributed by atoms with Gasteiger partial charge in [0.05, 0.1) is 5.56 Å². The highest BCUT2D eigenvalue weighted by molar-refractivity contribution is 5.94. The average Bonchev–Trinajstić information content (AvgIpc) is 2.59. The molecular formula is C17H28N4O. The number of hydrogen-bond donors (Lipinski definition) is 1. The van der Waals surface area contributed by atoms with E-state index in [1.807, 2.05) is 17.0 Å². The molecular weight excluding hydrogens is 276 g/mol. The molecule has 0 radical (unpaired) electrons. The Kier molecular flexibility index (Phi) is 6.19. The van der Waals surface area contributed by atoms with Crippen molar-refractivity contribution in [2.45, 2.75) is 33.1 Å². The lowest BCUT2D eigenvalue weighted by atomic mass is 9.97. The summed E-state index contributed by atoms with van der Waals surface area (Å²) in [6, 6.07) is 3.86. The van der Waals surface area contributed by atoms with Crippen molar-refractivity contribution in [3.8, 4) is 0 Å². The Morgan fingerprint density at radius 3 is 2.59 bits per heavy atom. The molecule has 1 aliphatic heterocycles. The van der Waals surface area contributed by atoms with Crippen molar-refractivity contribution in [3.05, 3.63) is 23.9 Å². The standard InChI is InChI=1S/C17H28N4O/c1-3-9-20(4-2)16-6-5-15(13-19-16)17(22)21-10-7-14(12-18)8-11-21/h5-6,13-14H,3-4,7-12,18H2,1-2H3. The number of carbonyl (C=O) groups is 1. The number of piperidine rings is 1. The molecule has 2 heterocycles. The van der Waals surface area contributed by atoms with Gasteiger partial charge < -0.3 is 15.5 Å². The molecule has 0 spiro atoms. The summed E-state index contributed by atoms with van der Waals surface area (Å²) in [5.41, 5.74) is 6.38. The van der Waals surface area contributed by atoms with Crippen molar-refractivity contribution in [2.75, 3.05) is 37.6 Å². The van der Waals surface area contributed by atoms with Crippen molar-refractivity contribution >= 4 is 11.7 Å². The largest absolute Gasteiger partial charge is 0.357 e. The predicted molar refractivity (Wildman–Crippen MR) is 90.1 cm³/mol. The number of carbonyl (C=O) groups excluding carboxylic acids is 1. The first-order chi connectivity index (χ1) is 10.7. The van der Waals surface area contributed by atoms with Gasteiger partial charge in [-0.2, -0.15) is 0 Å². The maximum absolute atomic E-state index is 12.5. The van der Waals surface area contributed by atoms with Crippen LogP contribution >= 0.6 is 0 Å². The summed E-state index contributed by atoms with van der Waals surface area (Å²) >= 11 is 0. The Morgan fingerprint density at radius 2 is 2.09 bits per heavy atom. The Bertz CT molecular complexity index is 466. The van der Waals surface area contributed by atoms with E-state index in [4.69, 9.17) is 5.73 Å². The van der Waals surface area contributed by atoms with Gasteiger partial charge in [0.2, 0.25) is 0 Å². The summed E-state index contributed by atoms with van der Waals surface area (Å²) in [6.07, 6.45) is 4.82. The number of rotatable bonds is 6. The molecule has 2 rings (SSSR count). The smallest absolute Gasteiger partial charge is 0.255 e. The van der Waals surface area contributed by atoms with Crippen LogP contribution in [0.15, 0.2) is 18.3 Å². The van der Waals surface area contributed by atoms with E-state index >= 15 is 0 Å². The molecule has 0 bridgehead atoms. The minimum absolute atomic E-state index is 0.0908. The molecule has 5 nitrogen and oxygen atoms in total. The Morgan fingerprint density at radius 1 is 1.36 bits per heavy atom. The number of nitrogens with zero attached hydrogens (tertiary/aromatic N) is 3. The fourth-order valence-electron chi connectivity index (χ4n) is 2.96. The van der Waals surface area contributed by atoms with Crippen LogP contribution in [0.1, 0.15) is 43.5 Å². The summed E-state index contributed by atoms with van der Waals surface area (Å²) in [4.78, 5) is 21.1. The first-order valence-corrected chi connectivity index (χ1v) is 8.39. The third-order valence-electron chi connectivity index (χ3n) is 4.43. The van der Waals surface area contributed by atoms with Crippen LogP contribution in [0.4, 0.5) is 5.82 Å². The summed E-state index contributed by atoms with van der Waals surface area (Å²) in [6.45, 7) is 8.54. The number of pyridine rings is 1. The third kappa shape index (κ3) is 3.97. The number of nitrogens with two attached hydrogens (primary N) is 1. The van der Waals surface area contributed by atoms with Gasteiger partial charge in [-0.3, -0.25) is 4.79 Å². The maximum Gasteiger partial charge on any atom is 0.255 e. The van der Waals surface area contributed by atoms with Crippen LogP contribution < -0.4 is 10.6 Å². The van der Waals surface area contributed by atoms with Gasteiger partial charge in [-0.25, -0.2) is 4.98 Å². The molecule has 1 aliphatic rings. The number of amides is 1. The van der Waals surface area contributed by atoms with Crippen molar-refractivity contribution in [3.63, 3.8) is 0 Å². The van der Waals surface area contributed by atoms with Gasteiger partial charge in [-0.05, 0) is 50.8 Å². The van der Waals surface area contributed by atoms with Crippen LogP contribution in [0, 0.1) is 5.92 Å². The first kappa shape index (κ1) is 16.7. The van der Waals surface area contributed by atoms with Crippen molar-refractivity contribution in [2.24, 2.45) is 11.7 Å². The van der Waals surface area contributed by atoms with Crippen molar-refractivity contribution in [1.82, 2.24) is 9.88 Å². The molecule has 5 heteroatoms. The lowest BCUT2D eigenvalue weighted by molar-refractivity contribution is 0.0693. The molecule has 1 fully saturated rings. The molecule has 0 atom stereocenters. The number of hydrogen-bond acceptors (Lipinski definition) is 4. The Hall–Kier alpha value is -1.62. The molecule has 122 valence electrons. The van der Waals surface area contributed by atoms with Crippen molar-refractivity contribution < 1.29 is 4.79 Å². The first-order valence-electron chi connectivity index (χ1n) is 8.39. The number of anilines is 1. The molecule has 0 aromatic carbocycles. The van der Waals surface area contributed by atoms with Crippen LogP contribution in [0.25, 0.3) is 0 Å². The molecule has 1 amide bonds. The van der Waals surface area contributed by atoms with E-state index in [2.05, 4.69) is 23.7 Å². The quantitative estimate of drug-likeness (QED) is 0.874. The van der Waals surface area contributed by atoms with E-state index in [-0.39, 0.29) is 5.91 Å². The minimum Gasteiger partial charge on any atom is -0.357 e. The monoisotopic (exact) mass is 304 g/mol. The van der Waals surface area contributed by atoms with E-state index in [0.29, 0.717) is 11.5 Å². The topological polar surface area (TPSA) is 62.5 Å². The highest BCUT2D eigenvalue weighted by Crippen LogP contribution is 2.19. The molecule has 0 unspecified atom stereocenters.